The highest BCUT2D eigenvalue weighted by Gasteiger charge is 2.25. The quantitative estimate of drug-likeness (QED) is 0.776. The van der Waals surface area contributed by atoms with Gasteiger partial charge in [0, 0.05) is 39.0 Å². The molecule has 4 nitrogen and oxygen atoms in total. The van der Waals surface area contributed by atoms with Crippen molar-refractivity contribution in [2.24, 2.45) is 5.92 Å². The Balaban J connectivity index is 2.00. The zero-order valence-electron chi connectivity index (χ0n) is 12.5. The van der Waals surface area contributed by atoms with Crippen LogP contribution in [0.15, 0.2) is 24.3 Å². The van der Waals surface area contributed by atoms with Gasteiger partial charge < -0.3 is 20.1 Å². The largest absolute Gasteiger partial charge is 0.393 e. The number of hydrogen-bond donors (Lipinski definition) is 2. The van der Waals surface area contributed by atoms with E-state index in [1.807, 2.05) is 0 Å². The summed E-state index contributed by atoms with van der Waals surface area (Å²) >= 11 is 0. The van der Waals surface area contributed by atoms with E-state index in [0.717, 1.165) is 39.2 Å². The average Bonchev–Trinajstić information content (AvgIpc) is 2.47. The summed E-state index contributed by atoms with van der Waals surface area (Å²) in [5.74, 6) is 0.332. The molecule has 0 aliphatic carbocycles. The summed E-state index contributed by atoms with van der Waals surface area (Å²) in [5.41, 5.74) is 2.60. The first-order chi connectivity index (χ1) is 9.72. The number of hydrogen-bond acceptors (Lipinski definition) is 4. The molecule has 4 heteroatoms. The van der Waals surface area contributed by atoms with Crippen LogP contribution in [-0.4, -0.2) is 44.6 Å². The van der Waals surface area contributed by atoms with E-state index in [-0.39, 0.29) is 6.10 Å². The fourth-order valence-electron chi connectivity index (χ4n) is 2.72. The molecule has 2 atom stereocenters. The molecule has 0 spiro atoms. The van der Waals surface area contributed by atoms with Crippen LogP contribution in [0.3, 0.4) is 0 Å². The second-order valence-electron chi connectivity index (χ2n) is 5.58. The van der Waals surface area contributed by atoms with Crippen molar-refractivity contribution in [3.05, 3.63) is 29.8 Å². The Bertz CT molecular complexity index is 411. The lowest BCUT2D eigenvalue weighted by Crippen LogP contribution is -2.42. The molecule has 1 aliphatic heterocycles. The molecule has 2 N–H and O–H groups in total. The summed E-state index contributed by atoms with van der Waals surface area (Å²) in [7, 11) is 1.72. The van der Waals surface area contributed by atoms with Crippen molar-refractivity contribution in [2.45, 2.75) is 26.0 Å². The van der Waals surface area contributed by atoms with Crippen molar-refractivity contribution in [1.82, 2.24) is 5.32 Å². The number of nitrogens with zero attached hydrogens (tertiary/aromatic N) is 1. The van der Waals surface area contributed by atoms with Gasteiger partial charge in [-0.05, 0) is 24.0 Å². The van der Waals surface area contributed by atoms with Gasteiger partial charge in [0.05, 0.1) is 12.7 Å². The predicted molar refractivity (Wildman–Crippen MR) is 82.0 cm³/mol. The number of methoxy groups -OCH3 is 1. The first-order valence-electron chi connectivity index (χ1n) is 7.43. The molecular formula is C16H26N2O2. The van der Waals surface area contributed by atoms with E-state index < -0.39 is 0 Å². The number of nitrogens with one attached hydrogen (secondary N) is 1. The molecular weight excluding hydrogens is 252 g/mol. The van der Waals surface area contributed by atoms with Gasteiger partial charge >= 0.3 is 0 Å². The maximum Gasteiger partial charge on any atom is 0.0599 e. The van der Waals surface area contributed by atoms with Crippen LogP contribution in [-0.2, 0) is 11.3 Å². The number of piperidine rings is 1. The highest BCUT2D eigenvalue weighted by atomic mass is 16.5. The molecule has 2 unspecified atom stereocenters. The Labute approximate surface area is 121 Å². The number of aliphatic hydroxyl groups is 1. The number of ether oxygens (including phenoxy) is 1. The molecule has 20 heavy (non-hydrogen) atoms. The van der Waals surface area contributed by atoms with E-state index in [4.69, 9.17) is 4.74 Å². The monoisotopic (exact) mass is 278 g/mol. The summed E-state index contributed by atoms with van der Waals surface area (Å²) in [6.07, 6.45) is 0.699. The first kappa shape index (κ1) is 15.3. The molecule has 2 rings (SSSR count). The van der Waals surface area contributed by atoms with Crippen LogP contribution in [0.25, 0.3) is 0 Å². The topological polar surface area (TPSA) is 44.7 Å². The third-order valence-electron chi connectivity index (χ3n) is 3.99. The van der Waals surface area contributed by atoms with Crippen molar-refractivity contribution in [2.75, 3.05) is 38.3 Å². The highest BCUT2D eigenvalue weighted by molar-refractivity contribution is 5.54. The molecule has 0 saturated carbocycles. The van der Waals surface area contributed by atoms with Crippen LogP contribution in [0, 0.1) is 5.92 Å². The number of para-hydroxylation sites is 1. The lowest BCUT2D eigenvalue weighted by atomic mass is 9.95. The molecule has 1 saturated heterocycles. The van der Waals surface area contributed by atoms with Crippen LogP contribution in [0.1, 0.15) is 18.9 Å². The first-order valence-corrected chi connectivity index (χ1v) is 7.43. The summed E-state index contributed by atoms with van der Waals surface area (Å²) in [5, 5.41) is 13.3. The fraction of sp³-hybridized carbons (Fsp3) is 0.625. The van der Waals surface area contributed by atoms with Crippen LogP contribution in [0.4, 0.5) is 5.69 Å². The van der Waals surface area contributed by atoms with E-state index in [9.17, 15) is 5.11 Å². The number of benzene rings is 1. The minimum Gasteiger partial charge on any atom is -0.393 e. The molecule has 0 amide bonds. The van der Waals surface area contributed by atoms with Crippen LogP contribution in [0.2, 0.25) is 0 Å². The highest BCUT2D eigenvalue weighted by Crippen LogP contribution is 2.26. The molecule has 1 fully saturated rings. The van der Waals surface area contributed by atoms with Crippen LogP contribution >= 0.6 is 0 Å². The minimum absolute atomic E-state index is 0.154. The van der Waals surface area contributed by atoms with Crippen LogP contribution < -0.4 is 10.2 Å². The standard InChI is InChI=1S/C16H26N2O2/c1-13-12-18(9-7-16(13)19)15-6-4-3-5-14(15)11-17-8-10-20-2/h3-6,13,16-17,19H,7-12H2,1-2H3. The normalized spacial score (nSPS) is 23.1. The van der Waals surface area contributed by atoms with Gasteiger partial charge in [-0.25, -0.2) is 0 Å². The summed E-state index contributed by atoms with van der Waals surface area (Å²) in [4.78, 5) is 2.39. The van der Waals surface area contributed by atoms with E-state index in [1.54, 1.807) is 7.11 Å². The Hall–Kier alpha value is -1.10. The van der Waals surface area contributed by atoms with Crippen molar-refractivity contribution in [3.8, 4) is 0 Å². The summed E-state index contributed by atoms with van der Waals surface area (Å²) in [6, 6.07) is 8.52. The van der Waals surface area contributed by atoms with Gasteiger partial charge in [-0.3, -0.25) is 0 Å². The van der Waals surface area contributed by atoms with Gasteiger partial charge in [-0.2, -0.15) is 0 Å². The molecule has 1 aromatic carbocycles. The molecule has 112 valence electrons. The van der Waals surface area contributed by atoms with E-state index in [0.29, 0.717) is 5.92 Å². The number of anilines is 1. The molecule has 1 heterocycles. The Morgan fingerprint density at radius 3 is 2.95 bits per heavy atom. The smallest absolute Gasteiger partial charge is 0.0599 e. The van der Waals surface area contributed by atoms with Gasteiger partial charge in [0.1, 0.15) is 0 Å². The van der Waals surface area contributed by atoms with E-state index in [1.165, 1.54) is 11.3 Å². The van der Waals surface area contributed by atoms with Crippen LogP contribution in [0.5, 0.6) is 0 Å². The predicted octanol–water partition coefficient (Wildman–Crippen LogP) is 1.63. The lowest BCUT2D eigenvalue weighted by Gasteiger charge is -2.37. The number of aliphatic hydroxyl groups excluding tert-OH is 1. The van der Waals surface area contributed by atoms with Crippen molar-refractivity contribution < 1.29 is 9.84 Å². The lowest BCUT2D eigenvalue weighted by molar-refractivity contribution is 0.0970. The maximum absolute atomic E-state index is 9.86. The van der Waals surface area contributed by atoms with Gasteiger partial charge in [-0.15, -0.1) is 0 Å². The third-order valence-corrected chi connectivity index (χ3v) is 3.99. The Kier molecular flexibility index (Phi) is 5.83. The van der Waals surface area contributed by atoms with Gasteiger partial charge in [-0.1, -0.05) is 25.1 Å². The summed E-state index contributed by atoms with van der Waals surface area (Å²) < 4.78 is 5.05. The average molecular weight is 278 g/mol. The third kappa shape index (κ3) is 3.95. The molecule has 1 aliphatic rings. The molecule has 0 bridgehead atoms. The SMILES string of the molecule is COCCNCc1ccccc1N1CCC(O)C(C)C1. The molecule has 1 aromatic rings. The van der Waals surface area contributed by atoms with E-state index >= 15 is 0 Å². The fourth-order valence-corrected chi connectivity index (χ4v) is 2.72. The van der Waals surface area contributed by atoms with E-state index in [2.05, 4.69) is 41.4 Å². The second kappa shape index (κ2) is 7.62. The minimum atomic E-state index is -0.154. The van der Waals surface area contributed by atoms with Gasteiger partial charge in [0.2, 0.25) is 0 Å². The Morgan fingerprint density at radius 1 is 1.40 bits per heavy atom. The zero-order valence-corrected chi connectivity index (χ0v) is 12.5. The zero-order chi connectivity index (χ0) is 14.4. The second-order valence-corrected chi connectivity index (χ2v) is 5.58. The molecule has 0 radical (unpaired) electrons. The van der Waals surface area contributed by atoms with Gasteiger partial charge in [0.15, 0.2) is 0 Å². The van der Waals surface area contributed by atoms with Crippen molar-refractivity contribution in [1.29, 1.82) is 0 Å². The Morgan fingerprint density at radius 2 is 2.20 bits per heavy atom. The van der Waals surface area contributed by atoms with Crippen molar-refractivity contribution >= 4 is 5.69 Å². The molecule has 0 aromatic heterocycles. The summed E-state index contributed by atoms with van der Waals surface area (Å²) in [6.45, 7) is 6.43. The van der Waals surface area contributed by atoms with Crippen molar-refractivity contribution in [3.63, 3.8) is 0 Å². The van der Waals surface area contributed by atoms with Gasteiger partial charge in [0.25, 0.3) is 0 Å². The maximum atomic E-state index is 9.86. The number of rotatable bonds is 6.